The highest BCUT2D eigenvalue weighted by atomic mass is 32.1. The second-order valence-electron chi connectivity index (χ2n) is 5.24. The Labute approximate surface area is 138 Å². The highest BCUT2D eigenvalue weighted by Crippen LogP contribution is 2.36. The van der Waals surface area contributed by atoms with Crippen molar-refractivity contribution in [2.75, 3.05) is 5.32 Å². The molecular formula is C17H17N3O2S. The lowest BCUT2D eigenvalue weighted by atomic mass is 10.1. The van der Waals surface area contributed by atoms with Gasteiger partial charge in [-0.1, -0.05) is 43.7 Å². The minimum atomic E-state index is -0.866. The maximum atomic E-state index is 11.4. The Balaban J connectivity index is 2.07. The van der Waals surface area contributed by atoms with Gasteiger partial charge in [-0.3, -0.25) is 0 Å². The van der Waals surface area contributed by atoms with Crippen LogP contribution < -0.4 is 5.32 Å². The summed E-state index contributed by atoms with van der Waals surface area (Å²) in [6.45, 7) is 1.97. The number of nitrogens with zero attached hydrogens (tertiary/aromatic N) is 2. The average Bonchev–Trinajstić information content (AvgIpc) is 3.00. The third-order valence-electron chi connectivity index (χ3n) is 3.64. The summed E-state index contributed by atoms with van der Waals surface area (Å²) in [5, 5.41) is 15.4. The van der Waals surface area contributed by atoms with Gasteiger partial charge in [0.25, 0.3) is 0 Å². The number of thiophene rings is 1. The number of rotatable bonds is 6. The van der Waals surface area contributed by atoms with Gasteiger partial charge in [-0.2, -0.15) is 0 Å². The van der Waals surface area contributed by atoms with Crippen molar-refractivity contribution in [2.45, 2.75) is 25.8 Å². The molecule has 0 fully saturated rings. The molecule has 0 amide bonds. The third-order valence-corrected chi connectivity index (χ3v) is 4.53. The number of anilines is 1. The van der Waals surface area contributed by atoms with Gasteiger partial charge in [0.2, 0.25) is 0 Å². The topological polar surface area (TPSA) is 75.1 Å². The molecular weight excluding hydrogens is 310 g/mol. The molecule has 0 aliphatic heterocycles. The zero-order valence-corrected chi connectivity index (χ0v) is 13.5. The molecule has 0 saturated carbocycles. The highest BCUT2D eigenvalue weighted by Gasteiger charge is 2.20. The van der Waals surface area contributed by atoms with Crippen LogP contribution in [0, 0.1) is 0 Å². The van der Waals surface area contributed by atoms with E-state index < -0.39 is 12.0 Å². The summed E-state index contributed by atoms with van der Waals surface area (Å²) < 4.78 is 0. The van der Waals surface area contributed by atoms with Crippen LogP contribution in [0.15, 0.2) is 42.0 Å². The molecule has 0 aliphatic carbocycles. The summed E-state index contributed by atoms with van der Waals surface area (Å²) >= 11 is 1.53. The van der Waals surface area contributed by atoms with Crippen LogP contribution in [0.25, 0.3) is 21.3 Å². The molecule has 118 valence electrons. The van der Waals surface area contributed by atoms with Crippen LogP contribution in [-0.4, -0.2) is 27.1 Å². The molecule has 0 radical (unpaired) electrons. The van der Waals surface area contributed by atoms with Crippen molar-refractivity contribution in [3.63, 3.8) is 0 Å². The smallest absolute Gasteiger partial charge is 0.326 e. The number of hydrogen-bond donors (Lipinski definition) is 2. The molecule has 1 unspecified atom stereocenters. The minimum Gasteiger partial charge on any atom is -0.480 e. The van der Waals surface area contributed by atoms with Crippen LogP contribution in [0.2, 0.25) is 0 Å². The number of carbonyl (C=O) groups is 1. The summed E-state index contributed by atoms with van der Waals surface area (Å²) in [6.07, 6.45) is 2.81. The number of aromatic nitrogens is 2. The summed E-state index contributed by atoms with van der Waals surface area (Å²) in [5.74, 6) is -0.286. The van der Waals surface area contributed by atoms with Crippen molar-refractivity contribution in [1.82, 2.24) is 9.97 Å². The van der Waals surface area contributed by atoms with Crippen molar-refractivity contribution in [1.29, 1.82) is 0 Å². The number of hydrogen-bond acceptors (Lipinski definition) is 5. The second-order valence-corrected chi connectivity index (χ2v) is 6.10. The molecule has 6 heteroatoms. The number of nitrogens with one attached hydrogen (secondary N) is 1. The lowest BCUT2D eigenvalue weighted by molar-refractivity contribution is -0.138. The van der Waals surface area contributed by atoms with E-state index in [2.05, 4.69) is 15.3 Å². The number of carboxylic acid groups (broad SMARTS) is 1. The van der Waals surface area contributed by atoms with Gasteiger partial charge in [0, 0.05) is 10.9 Å². The number of aliphatic carboxylic acids is 1. The van der Waals surface area contributed by atoms with Gasteiger partial charge >= 0.3 is 5.97 Å². The Hall–Kier alpha value is -2.47. The highest BCUT2D eigenvalue weighted by molar-refractivity contribution is 7.17. The van der Waals surface area contributed by atoms with Gasteiger partial charge in [-0.25, -0.2) is 14.8 Å². The van der Waals surface area contributed by atoms with Crippen LogP contribution in [0.5, 0.6) is 0 Å². The molecule has 2 aromatic heterocycles. The first kappa shape index (κ1) is 15.4. The molecule has 1 atom stereocenters. The van der Waals surface area contributed by atoms with Gasteiger partial charge in [0.15, 0.2) is 0 Å². The fourth-order valence-electron chi connectivity index (χ4n) is 2.53. The van der Waals surface area contributed by atoms with E-state index in [-0.39, 0.29) is 0 Å². The molecule has 23 heavy (non-hydrogen) atoms. The van der Waals surface area contributed by atoms with Gasteiger partial charge in [0.05, 0.1) is 5.39 Å². The first-order valence-electron chi connectivity index (χ1n) is 7.47. The van der Waals surface area contributed by atoms with Crippen LogP contribution in [0.1, 0.15) is 19.8 Å². The fraction of sp³-hybridized carbons (Fsp3) is 0.235. The molecule has 1 aromatic carbocycles. The lowest BCUT2D eigenvalue weighted by Gasteiger charge is -2.15. The molecule has 0 saturated heterocycles. The van der Waals surface area contributed by atoms with E-state index in [0.717, 1.165) is 27.8 Å². The molecule has 3 rings (SSSR count). The standard InChI is InChI=1S/C17H17N3O2S/c1-2-6-13(17(21)22)20-15-14-12(11-7-4-3-5-8-11)9-23-16(14)19-10-18-15/h3-5,7-10,13H,2,6H2,1H3,(H,21,22)(H,18,19,20). The quantitative estimate of drug-likeness (QED) is 0.715. The minimum absolute atomic E-state index is 0.547. The maximum absolute atomic E-state index is 11.4. The Kier molecular flexibility index (Phi) is 4.52. The van der Waals surface area contributed by atoms with E-state index in [1.165, 1.54) is 17.7 Å². The van der Waals surface area contributed by atoms with Gasteiger partial charge < -0.3 is 10.4 Å². The Morgan fingerprint density at radius 1 is 1.30 bits per heavy atom. The largest absolute Gasteiger partial charge is 0.480 e. The molecule has 0 aliphatic rings. The van der Waals surface area contributed by atoms with Crippen molar-refractivity contribution in [2.24, 2.45) is 0 Å². The van der Waals surface area contributed by atoms with Crippen molar-refractivity contribution in [3.05, 3.63) is 42.0 Å². The second kappa shape index (κ2) is 6.75. The van der Waals surface area contributed by atoms with Crippen LogP contribution in [0.4, 0.5) is 5.82 Å². The zero-order chi connectivity index (χ0) is 16.2. The monoisotopic (exact) mass is 327 g/mol. The SMILES string of the molecule is CCCC(Nc1ncnc2scc(-c3ccccc3)c12)C(=O)O. The molecule has 5 nitrogen and oxygen atoms in total. The van der Waals surface area contributed by atoms with Gasteiger partial charge in [-0.15, -0.1) is 11.3 Å². The summed E-state index contributed by atoms with van der Waals surface area (Å²) in [6, 6.07) is 9.33. The van der Waals surface area contributed by atoms with Crippen molar-refractivity contribution in [3.8, 4) is 11.1 Å². The molecule has 0 bridgehead atoms. The summed E-state index contributed by atoms with van der Waals surface area (Å²) in [5.41, 5.74) is 2.09. The molecule has 3 aromatic rings. The summed E-state index contributed by atoms with van der Waals surface area (Å²) in [4.78, 5) is 20.9. The maximum Gasteiger partial charge on any atom is 0.326 e. The Morgan fingerprint density at radius 2 is 2.09 bits per heavy atom. The van der Waals surface area contributed by atoms with E-state index >= 15 is 0 Å². The number of carboxylic acids is 1. The third kappa shape index (κ3) is 3.17. The molecule has 0 spiro atoms. The summed E-state index contributed by atoms with van der Waals surface area (Å²) in [7, 11) is 0. The lowest BCUT2D eigenvalue weighted by Crippen LogP contribution is -2.29. The van der Waals surface area contributed by atoms with E-state index in [0.29, 0.717) is 12.2 Å². The predicted octanol–water partition coefficient (Wildman–Crippen LogP) is 4.02. The van der Waals surface area contributed by atoms with E-state index in [9.17, 15) is 9.90 Å². The first-order chi connectivity index (χ1) is 11.2. The van der Waals surface area contributed by atoms with E-state index in [1.54, 1.807) is 0 Å². The molecule has 2 N–H and O–H groups in total. The van der Waals surface area contributed by atoms with Gasteiger partial charge in [-0.05, 0) is 12.0 Å². The van der Waals surface area contributed by atoms with Crippen molar-refractivity contribution >= 4 is 33.3 Å². The molecule has 2 heterocycles. The van der Waals surface area contributed by atoms with E-state index in [4.69, 9.17) is 0 Å². The first-order valence-corrected chi connectivity index (χ1v) is 8.35. The Morgan fingerprint density at radius 3 is 2.78 bits per heavy atom. The van der Waals surface area contributed by atoms with Crippen LogP contribution >= 0.6 is 11.3 Å². The Bertz CT molecular complexity index is 817. The number of benzene rings is 1. The normalized spacial score (nSPS) is 12.2. The number of fused-ring (bicyclic) bond motifs is 1. The predicted molar refractivity (Wildman–Crippen MR) is 92.8 cm³/mol. The van der Waals surface area contributed by atoms with E-state index in [1.807, 2.05) is 42.6 Å². The van der Waals surface area contributed by atoms with Crippen molar-refractivity contribution < 1.29 is 9.90 Å². The van der Waals surface area contributed by atoms with Gasteiger partial charge in [0.1, 0.15) is 23.0 Å². The van der Waals surface area contributed by atoms with Crippen LogP contribution in [0.3, 0.4) is 0 Å². The average molecular weight is 327 g/mol. The zero-order valence-electron chi connectivity index (χ0n) is 12.7. The fourth-order valence-corrected chi connectivity index (χ4v) is 3.44. The van der Waals surface area contributed by atoms with Crippen LogP contribution in [-0.2, 0) is 4.79 Å².